The van der Waals surface area contributed by atoms with Crippen LogP contribution in [0, 0.1) is 6.92 Å². The number of hydrogen-bond acceptors (Lipinski definition) is 5. The molecule has 0 bridgehead atoms. The van der Waals surface area contributed by atoms with Crippen molar-refractivity contribution in [2.24, 2.45) is 5.73 Å². The third kappa shape index (κ3) is 3.10. The van der Waals surface area contributed by atoms with Crippen molar-refractivity contribution >= 4 is 16.9 Å². The van der Waals surface area contributed by atoms with Crippen LogP contribution in [-0.4, -0.2) is 32.5 Å². The fourth-order valence-corrected chi connectivity index (χ4v) is 3.20. The van der Waals surface area contributed by atoms with E-state index in [-0.39, 0.29) is 0 Å². The number of anilines is 1. The van der Waals surface area contributed by atoms with Crippen molar-refractivity contribution in [2.45, 2.75) is 38.1 Å². The maximum atomic E-state index is 5.86. The molecule has 124 valence electrons. The summed E-state index contributed by atoms with van der Waals surface area (Å²) in [4.78, 5) is 16.7. The van der Waals surface area contributed by atoms with Gasteiger partial charge in [-0.2, -0.15) is 0 Å². The van der Waals surface area contributed by atoms with E-state index in [0.717, 1.165) is 54.2 Å². The normalized spacial score (nSPS) is 20.1. The van der Waals surface area contributed by atoms with Crippen LogP contribution in [0.3, 0.4) is 0 Å². The fraction of sp³-hybridized carbons (Fsp3) is 0.389. The van der Waals surface area contributed by atoms with Gasteiger partial charge in [-0.1, -0.05) is 6.07 Å². The maximum absolute atomic E-state index is 5.86. The van der Waals surface area contributed by atoms with E-state index in [1.54, 1.807) is 6.33 Å². The Labute approximate surface area is 140 Å². The van der Waals surface area contributed by atoms with Gasteiger partial charge >= 0.3 is 0 Å². The molecule has 6 nitrogen and oxygen atoms in total. The standard InChI is InChI=1S/C18H22N6/c1-11-2-3-14-16(6-11)24-17(23-14)4-5-20-18-9-15(21-10-22-18)12-7-13(19)8-12/h2-3,6,9-10,12-13H,4-5,7-8,19H2,1H3,(H,23,24)(H,20,21,22). The van der Waals surface area contributed by atoms with Gasteiger partial charge in [0.1, 0.15) is 18.0 Å². The highest BCUT2D eigenvalue weighted by atomic mass is 15.0. The number of H-pyrrole nitrogens is 1. The number of benzene rings is 1. The van der Waals surface area contributed by atoms with Crippen molar-refractivity contribution in [2.75, 3.05) is 11.9 Å². The van der Waals surface area contributed by atoms with Crippen molar-refractivity contribution in [1.29, 1.82) is 0 Å². The highest BCUT2D eigenvalue weighted by Crippen LogP contribution is 2.34. The lowest BCUT2D eigenvalue weighted by atomic mass is 9.79. The van der Waals surface area contributed by atoms with E-state index in [1.807, 2.05) is 6.07 Å². The number of aromatic amines is 1. The first-order valence-corrected chi connectivity index (χ1v) is 8.44. The van der Waals surface area contributed by atoms with Gasteiger partial charge in [0.15, 0.2) is 0 Å². The zero-order chi connectivity index (χ0) is 16.5. The molecule has 1 aliphatic carbocycles. The lowest BCUT2D eigenvalue weighted by Gasteiger charge is -2.31. The summed E-state index contributed by atoms with van der Waals surface area (Å²) >= 11 is 0. The summed E-state index contributed by atoms with van der Waals surface area (Å²) in [6.45, 7) is 2.86. The number of imidazole rings is 1. The predicted molar refractivity (Wildman–Crippen MR) is 95.0 cm³/mol. The molecule has 0 atom stereocenters. The molecule has 0 radical (unpaired) electrons. The smallest absolute Gasteiger partial charge is 0.129 e. The first kappa shape index (κ1) is 15.1. The third-order valence-electron chi connectivity index (χ3n) is 4.64. The number of nitrogens with zero attached hydrogens (tertiary/aromatic N) is 3. The van der Waals surface area contributed by atoms with Crippen molar-refractivity contribution in [1.82, 2.24) is 19.9 Å². The molecule has 24 heavy (non-hydrogen) atoms. The van der Waals surface area contributed by atoms with Gasteiger partial charge in [-0.15, -0.1) is 0 Å². The molecule has 4 N–H and O–H groups in total. The van der Waals surface area contributed by atoms with E-state index in [0.29, 0.717) is 12.0 Å². The molecule has 2 heterocycles. The number of hydrogen-bond donors (Lipinski definition) is 3. The van der Waals surface area contributed by atoms with Gasteiger partial charge in [0.05, 0.1) is 11.0 Å². The van der Waals surface area contributed by atoms with Gasteiger partial charge in [-0.05, 0) is 37.5 Å². The van der Waals surface area contributed by atoms with Crippen LogP contribution in [-0.2, 0) is 6.42 Å². The van der Waals surface area contributed by atoms with E-state index in [9.17, 15) is 0 Å². The van der Waals surface area contributed by atoms with Crippen LogP contribution in [0.1, 0.15) is 35.8 Å². The number of nitrogens with two attached hydrogens (primary N) is 1. The average molecular weight is 322 g/mol. The van der Waals surface area contributed by atoms with Crippen LogP contribution < -0.4 is 11.1 Å². The number of aromatic nitrogens is 4. The van der Waals surface area contributed by atoms with E-state index in [1.165, 1.54) is 5.56 Å². The topological polar surface area (TPSA) is 92.5 Å². The molecule has 1 saturated carbocycles. The van der Waals surface area contributed by atoms with E-state index < -0.39 is 0 Å². The molecular formula is C18H22N6. The lowest BCUT2D eigenvalue weighted by molar-refractivity contribution is 0.345. The Morgan fingerprint density at radius 2 is 2.12 bits per heavy atom. The molecule has 1 fully saturated rings. The van der Waals surface area contributed by atoms with Crippen LogP contribution in [0.4, 0.5) is 5.82 Å². The van der Waals surface area contributed by atoms with Gasteiger partial charge < -0.3 is 16.0 Å². The Balaban J connectivity index is 1.37. The van der Waals surface area contributed by atoms with E-state index >= 15 is 0 Å². The third-order valence-corrected chi connectivity index (χ3v) is 4.64. The number of nitrogens with one attached hydrogen (secondary N) is 2. The molecule has 3 aromatic rings. The second kappa shape index (κ2) is 6.20. The van der Waals surface area contributed by atoms with Crippen LogP contribution in [0.15, 0.2) is 30.6 Å². The monoisotopic (exact) mass is 322 g/mol. The van der Waals surface area contributed by atoms with E-state index in [4.69, 9.17) is 5.73 Å². The Morgan fingerprint density at radius 3 is 2.96 bits per heavy atom. The average Bonchev–Trinajstić information content (AvgIpc) is 2.94. The van der Waals surface area contributed by atoms with Gasteiger partial charge in [-0.3, -0.25) is 0 Å². The molecule has 0 saturated heterocycles. The molecule has 0 aliphatic heterocycles. The number of aryl methyl sites for hydroxylation is 1. The summed E-state index contributed by atoms with van der Waals surface area (Å²) in [5, 5.41) is 3.36. The first-order chi connectivity index (χ1) is 11.7. The summed E-state index contributed by atoms with van der Waals surface area (Å²) in [7, 11) is 0. The van der Waals surface area contributed by atoms with Gasteiger partial charge in [0.2, 0.25) is 0 Å². The highest BCUT2D eigenvalue weighted by Gasteiger charge is 2.28. The molecule has 4 rings (SSSR count). The second-order valence-electron chi connectivity index (χ2n) is 6.64. The predicted octanol–water partition coefficient (Wildman–Crippen LogP) is 2.52. The second-order valence-corrected chi connectivity index (χ2v) is 6.64. The molecule has 2 aromatic heterocycles. The van der Waals surface area contributed by atoms with Crippen LogP contribution in [0.5, 0.6) is 0 Å². The molecule has 6 heteroatoms. The minimum atomic E-state index is 0.332. The zero-order valence-electron chi connectivity index (χ0n) is 13.8. The van der Waals surface area contributed by atoms with Gasteiger partial charge in [0.25, 0.3) is 0 Å². The Morgan fingerprint density at radius 1 is 1.25 bits per heavy atom. The highest BCUT2D eigenvalue weighted by molar-refractivity contribution is 5.75. The summed E-state index contributed by atoms with van der Waals surface area (Å²) < 4.78 is 0. The molecule has 0 unspecified atom stereocenters. The first-order valence-electron chi connectivity index (χ1n) is 8.44. The summed E-state index contributed by atoms with van der Waals surface area (Å²) in [6.07, 6.45) is 4.50. The van der Waals surface area contributed by atoms with E-state index in [2.05, 4.69) is 50.4 Å². The van der Waals surface area contributed by atoms with Crippen molar-refractivity contribution in [3.05, 3.63) is 47.7 Å². The number of rotatable bonds is 5. The van der Waals surface area contributed by atoms with Crippen molar-refractivity contribution in [3.8, 4) is 0 Å². The SMILES string of the molecule is Cc1ccc2nc(CCNc3cc(C4CC(N)C4)ncn3)[nH]c2c1. The minimum Gasteiger partial charge on any atom is -0.370 e. The maximum Gasteiger partial charge on any atom is 0.129 e. The van der Waals surface area contributed by atoms with Crippen LogP contribution in [0.2, 0.25) is 0 Å². The molecule has 0 spiro atoms. The Hall–Kier alpha value is -2.47. The quantitative estimate of drug-likeness (QED) is 0.671. The summed E-state index contributed by atoms with van der Waals surface area (Å²) in [5.41, 5.74) is 10.3. The Bertz CT molecular complexity index is 850. The summed E-state index contributed by atoms with van der Waals surface area (Å²) in [5.74, 6) is 2.34. The van der Waals surface area contributed by atoms with Crippen molar-refractivity contribution < 1.29 is 0 Å². The molecule has 1 aromatic carbocycles. The fourth-order valence-electron chi connectivity index (χ4n) is 3.20. The lowest BCUT2D eigenvalue weighted by Crippen LogP contribution is -2.35. The van der Waals surface area contributed by atoms with Crippen LogP contribution in [0.25, 0.3) is 11.0 Å². The van der Waals surface area contributed by atoms with Gasteiger partial charge in [-0.25, -0.2) is 15.0 Å². The molecular weight excluding hydrogens is 300 g/mol. The van der Waals surface area contributed by atoms with Crippen molar-refractivity contribution in [3.63, 3.8) is 0 Å². The van der Waals surface area contributed by atoms with Crippen LogP contribution >= 0.6 is 0 Å². The number of fused-ring (bicyclic) bond motifs is 1. The minimum absolute atomic E-state index is 0.332. The molecule has 1 aliphatic rings. The zero-order valence-corrected chi connectivity index (χ0v) is 13.8. The van der Waals surface area contributed by atoms with Gasteiger partial charge in [0, 0.05) is 36.7 Å². The Kier molecular flexibility index (Phi) is 3.90. The summed E-state index contributed by atoms with van der Waals surface area (Å²) in [6, 6.07) is 8.63. The molecule has 0 amide bonds. The largest absolute Gasteiger partial charge is 0.370 e.